The van der Waals surface area contributed by atoms with E-state index in [4.69, 9.17) is 4.74 Å². The first-order valence-electron chi connectivity index (χ1n) is 8.06. The van der Waals surface area contributed by atoms with Gasteiger partial charge in [0.25, 0.3) is 0 Å². The van der Waals surface area contributed by atoms with Crippen LogP contribution in [0.3, 0.4) is 0 Å². The van der Waals surface area contributed by atoms with Crippen molar-refractivity contribution >= 4 is 17.4 Å². The first-order valence-corrected chi connectivity index (χ1v) is 8.94. The van der Waals surface area contributed by atoms with Gasteiger partial charge in [0.05, 0.1) is 0 Å². The van der Waals surface area contributed by atoms with Crippen LogP contribution in [-0.4, -0.2) is 19.7 Å². The van der Waals surface area contributed by atoms with Gasteiger partial charge in [-0.3, -0.25) is 4.79 Å². The Bertz CT molecular complexity index is 656. The number of nitrogens with one attached hydrogen (secondary N) is 1. The molecule has 2 aromatic carbocycles. The zero-order chi connectivity index (χ0) is 17.9. The maximum Gasteiger partial charge on any atom is 0.180 e. The van der Waals surface area contributed by atoms with Gasteiger partial charge in [0.2, 0.25) is 0 Å². The van der Waals surface area contributed by atoms with Crippen molar-refractivity contribution in [3.8, 4) is 5.75 Å². The third kappa shape index (κ3) is 6.02. The van der Waals surface area contributed by atoms with Crippen molar-refractivity contribution in [2.24, 2.45) is 0 Å². The van der Waals surface area contributed by atoms with E-state index >= 15 is 0 Å². The number of aryl methyl sites for hydroxylation is 3. The predicted molar refractivity (Wildman–Crippen MR) is 104 cm³/mol. The summed E-state index contributed by atoms with van der Waals surface area (Å²) in [4.78, 5) is 11.8. The van der Waals surface area contributed by atoms with Crippen molar-refractivity contribution < 1.29 is 9.53 Å². The lowest BCUT2D eigenvalue weighted by Gasteiger charge is -2.15. The quantitative estimate of drug-likeness (QED) is 0.615. The molecule has 24 heavy (non-hydrogen) atoms. The first kappa shape index (κ1) is 20.3. The molecular formula is C20H27NO2S. The fraction of sp³-hybridized carbons (Fsp3) is 0.350. The molecule has 0 aliphatic rings. The van der Waals surface area contributed by atoms with Crippen molar-refractivity contribution in [1.29, 1.82) is 0 Å². The molecule has 0 amide bonds. The fourth-order valence-corrected chi connectivity index (χ4v) is 2.87. The van der Waals surface area contributed by atoms with E-state index in [0.29, 0.717) is 6.61 Å². The smallest absolute Gasteiger partial charge is 0.180 e. The van der Waals surface area contributed by atoms with Crippen molar-refractivity contribution in [3.05, 3.63) is 58.7 Å². The second kappa shape index (κ2) is 10.9. The van der Waals surface area contributed by atoms with Crippen LogP contribution in [0.4, 0.5) is 0 Å². The zero-order valence-electron chi connectivity index (χ0n) is 15.2. The van der Waals surface area contributed by atoms with Gasteiger partial charge in [-0.05, 0) is 63.2 Å². The number of ether oxygens (including phenoxy) is 1. The molecule has 0 heterocycles. The van der Waals surface area contributed by atoms with Crippen molar-refractivity contribution in [1.82, 2.24) is 5.32 Å². The molecule has 0 atom stereocenters. The lowest BCUT2D eigenvalue weighted by atomic mass is 10.1. The highest BCUT2D eigenvalue weighted by molar-refractivity contribution is 8.11. The molecule has 4 heteroatoms. The second-order valence-electron chi connectivity index (χ2n) is 5.52. The summed E-state index contributed by atoms with van der Waals surface area (Å²) in [5.74, 6) is 0.906. The van der Waals surface area contributed by atoms with Crippen LogP contribution < -0.4 is 10.1 Å². The normalized spacial score (nSPS) is 9.88. The van der Waals surface area contributed by atoms with Gasteiger partial charge in [0.1, 0.15) is 12.4 Å². The number of hydrogen-bond acceptors (Lipinski definition) is 4. The predicted octanol–water partition coefficient (Wildman–Crippen LogP) is 4.56. The van der Waals surface area contributed by atoms with E-state index in [1.807, 2.05) is 33.2 Å². The van der Waals surface area contributed by atoms with Crippen LogP contribution >= 0.6 is 11.8 Å². The van der Waals surface area contributed by atoms with E-state index in [1.54, 1.807) is 0 Å². The average Bonchev–Trinajstić information content (AvgIpc) is 2.57. The lowest BCUT2D eigenvalue weighted by Crippen LogP contribution is -2.03. The molecule has 0 bridgehead atoms. The van der Waals surface area contributed by atoms with E-state index in [1.165, 1.54) is 22.9 Å². The van der Waals surface area contributed by atoms with Crippen LogP contribution in [0.15, 0.2) is 41.3 Å². The van der Waals surface area contributed by atoms with Crippen LogP contribution in [0.5, 0.6) is 5.75 Å². The minimum Gasteiger partial charge on any atom is -0.489 e. The fourth-order valence-electron chi connectivity index (χ4n) is 2.28. The van der Waals surface area contributed by atoms with Gasteiger partial charge in [0.15, 0.2) is 5.62 Å². The van der Waals surface area contributed by atoms with E-state index in [9.17, 15) is 4.79 Å². The van der Waals surface area contributed by atoms with Gasteiger partial charge < -0.3 is 10.1 Å². The molecule has 0 radical (unpaired) electrons. The summed E-state index contributed by atoms with van der Waals surface area (Å²) in [7, 11) is 3.75. The van der Waals surface area contributed by atoms with E-state index in [2.05, 4.69) is 43.4 Å². The SMILES string of the molecule is CCc1cccc(SC=O)c1COc1cc(C)ccc1C.CNC. The molecular weight excluding hydrogens is 318 g/mol. The maximum absolute atomic E-state index is 10.8. The summed E-state index contributed by atoms with van der Waals surface area (Å²) in [5, 5.41) is 2.75. The summed E-state index contributed by atoms with van der Waals surface area (Å²) < 4.78 is 6.00. The molecule has 130 valence electrons. The Morgan fingerprint density at radius 2 is 1.88 bits per heavy atom. The van der Waals surface area contributed by atoms with Gasteiger partial charge in [-0.15, -0.1) is 0 Å². The van der Waals surface area contributed by atoms with Gasteiger partial charge in [-0.1, -0.05) is 43.0 Å². The number of thioether (sulfide) groups is 1. The Morgan fingerprint density at radius 3 is 2.50 bits per heavy atom. The maximum atomic E-state index is 10.8. The summed E-state index contributed by atoms with van der Waals surface area (Å²) in [6, 6.07) is 12.3. The van der Waals surface area contributed by atoms with Crippen molar-refractivity contribution in [3.63, 3.8) is 0 Å². The molecule has 0 saturated heterocycles. The molecule has 0 unspecified atom stereocenters. The van der Waals surface area contributed by atoms with Crippen LogP contribution in [0.25, 0.3) is 0 Å². The third-order valence-corrected chi connectivity index (χ3v) is 4.23. The van der Waals surface area contributed by atoms with Crippen molar-refractivity contribution in [2.75, 3.05) is 14.1 Å². The van der Waals surface area contributed by atoms with Gasteiger partial charge in [-0.2, -0.15) is 0 Å². The van der Waals surface area contributed by atoms with E-state index in [0.717, 1.165) is 33.8 Å². The highest BCUT2D eigenvalue weighted by atomic mass is 32.2. The van der Waals surface area contributed by atoms with E-state index in [-0.39, 0.29) is 0 Å². The van der Waals surface area contributed by atoms with Gasteiger partial charge in [0, 0.05) is 10.5 Å². The Balaban J connectivity index is 0.000000891. The van der Waals surface area contributed by atoms with Crippen LogP contribution in [0.1, 0.15) is 29.2 Å². The molecule has 2 rings (SSSR count). The zero-order valence-corrected chi connectivity index (χ0v) is 16.0. The molecule has 0 spiro atoms. The largest absolute Gasteiger partial charge is 0.489 e. The summed E-state index contributed by atoms with van der Waals surface area (Å²) in [6.45, 7) is 6.71. The molecule has 2 aromatic rings. The Labute approximate surface area is 149 Å². The molecule has 0 saturated carbocycles. The van der Waals surface area contributed by atoms with Gasteiger partial charge in [-0.25, -0.2) is 0 Å². The summed E-state index contributed by atoms with van der Waals surface area (Å²) in [5.41, 5.74) is 5.52. The number of benzene rings is 2. The molecule has 0 aliphatic heterocycles. The van der Waals surface area contributed by atoms with E-state index < -0.39 is 0 Å². The number of hydrogen-bond donors (Lipinski definition) is 1. The molecule has 0 aliphatic carbocycles. The minimum absolute atomic E-state index is 0.491. The minimum atomic E-state index is 0.491. The van der Waals surface area contributed by atoms with Crippen LogP contribution in [0, 0.1) is 13.8 Å². The van der Waals surface area contributed by atoms with Crippen LogP contribution in [0.2, 0.25) is 0 Å². The number of rotatable bonds is 6. The molecule has 0 fully saturated rings. The monoisotopic (exact) mass is 345 g/mol. The molecule has 0 aromatic heterocycles. The highest BCUT2D eigenvalue weighted by Gasteiger charge is 2.09. The van der Waals surface area contributed by atoms with Gasteiger partial charge >= 0.3 is 0 Å². The molecule has 3 nitrogen and oxygen atoms in total. The standard InChI is InChI=1S/C18H20O2S.C2H7N/c1-4-15-6-5-7-18(21-12-19)16(15)11-20-17-10-13(2)8-9-14(17)3;1-3-2/h5-10,12H,4,11H2,1-3H3;3H,1-2H3. The topological polar surface area (TPSA) is 38.3 Å². The third-order valence-electron chi connectivity index (χ3n) is 3.50. The average molecular weight is 346 g/mol. The summed E-state index contributed by atoms with van der Waals surface area (Å²) in [6.07, 6.45) is 0.929. The second-order valence-corrected chi connectivity index (χ2v) is 6.39. The number of carbonyl (C=O) groups is 1. The highest BCUT2D eigenvalue weighted by Crippen LogP contribution is 2.27. The van der Waals surface area contributed by atoms with Crippen LogP contribution in [-0.2, 0) is 17.8 Å². The Morgan fingerprint density at radius 1 is 1.17 bits per heavy atom. The van der Waals surface area contributed by atoms with Crippen molar-refractivity contribution in [2.45, 2.75) is 38.7 Å². The first-order chi connectivity index (χ1) is 11.6. The Hall–Kier alpha value is -1.78. The molecule has 1 N–H and O–H groups in total. The summed E-state index contributed by atoms with van der Waals surface area (Å²) >= 11 is 1.21. The number of carbonyl (C=O) groups excluding carboxylic acids is 1. The lowest BCUT2D eigenvalue weighted by molar-refractivity contribution is 0.300. The Kier molecular flexibility index (Phi) is 9.20.